The summed E-state index contributed by atoms with van der Waals surface area (Å²) in [5.41, 5.74) is 5.89. The second-order valence-corrected chi connectivity index (χ2v) is 3.00. The molecule has 1 rings (SSSR count). The highest BCUT2D eigenvalue weighted by atomic mass is 16.5. The molecule has 0 amide bonds. The first-order valence-electron chi connectivity index (χ1n) is 4.19. The van der Waals surface area contributed by atoms with Gasteiger partial charge in [-0.15, -0.1) is 0 Å². The summed E-state index contributed by atoms with van der Waals surface area (Å²) in [4.78, 5) is 11.1. The third-order valence-corrected chi connectivity index (χ3v) is 1.43. The molecule has 6 nitrogen and oxygen atoms in total. The van der Waals surface area contributed by atoms with Crippen LogP contribution in [-0.2, 0) is 16.1 Å². The summed E-state index contributed by atoms with van der Waals surface area (Å²) in [6.45, 7) is 1.54. The lowest BCUT2D eigenvalue weighted by Crippen LogP contribution is -2.19. The number of carbonyl (C=O) groups excluding carboxylic acids is 1. The molecule has 78 valence electrons. The largest absolute Gasteiger partial charge is 0.462 e. The topological polar surface area (TPSA) is 90.4 Å². The van der Waals surface area contributed by atoms with Gasteiger partial charge in [0.1, 0.15) is 13.2 Å². The molecule has 0 saturated carbocycles. The highest BCUT2D eigenvalue weighted by Crippen LogP contribution is 1.98. The van der Waals surface area contributed by atoms with Gasteiger partial charge in [-0.1, -0.05) is 0 Å². The average Bonchev–Trinajstić information content (AvgIpc) is 2.48. The Balaban J connectivity index is 2.34. The van der Waals surface area contributed by atoms with E-state index < -0.39 is 12.1 Å². The van der Waals surface area contributed by atoms with E-state index in [1.165, 1.54) is 17.1 Å². The van der Waals surface area contributed by atoms with Crippen molar-refractivity contribution in [2.75, 3.05) is 12.3 Å². The minimum atomic E-state index is -0.651. The molecule has 0 aliphatic rings. The monoisotopic (exact) mass is 199 g/mol. The van der Waals surface area contributed by atoms with Crippen molar-refractivity contribution >= 4 is 11.7 Å². The number of rotatable bonds is 4. The maximum Gasteiger partial charge on any atom is 0.327 e. The number of nitrogen functional groups attached to an aromatic ring is 1. The van der Waals surface area contributed by atoms with Crippen molar-refractivity contribution < 1.29 is 14.6 Å². The van der Waals surface area contributed by atoms with Crippen LogP contribution < -0.4 is 5.73 Å². The summed E-state index contributed by atoms with van der Waals surface area (Å²) in [6, 6.07) is 0. The van der Waals surface area contributed by atoms with Crippen molar-refractivity contribution in [2.24, 2.45) is 0 Å². The van der Waals surface area contributed by atoms with Crippen LogP contribution in [-0.4, -0.2) is 33.6 Å². The van der Waals surface area contributed by atoms with Gasteiger partial charge >= 0.3 is 5.97 Å². The Kier molecular flexibility index (Phi) is 3.47. The van der Waals surface area contributed by atoms with Crippen LogP contribution in [0, 0.1) is 0 Å². The number of esters is 1. The molecule has 0 aromatic carbocycles. The van der Waals surface area contributed by atoms with Gasteiger partial charge in [0, 0.05) is 6.20 Å². The minimum absolute atomic E-state index is 0.00389. The number of hydrogen-bond acceptors (Lipinski definition) is 5. The molecule has 0 fully saturated rings. The van der Waals surface area contributed by atoms with E-state index in [9.17, 15) is 4.79 Å². The molecule has 14 heavy (non-hydrogen) atoms. The van der Waals surface area contributed by atoms with Crippen LogP contribution in [0.1, 0.15) is 6.92 Å². The lowest BCUT2D eigenvalue weighted by molar-refractivity contribution is -0.147. The van der Waals surface area contributed by atoms with Crippen molar-refractivity contribution in [3.63, 3.8) is 0 Å². The van der Waals surface area contributed by atoms with E-state index in [4.69, 9.17) is 15.6 Å². The number of carbonyl (C=O) groups is 1. The molecular weight excluding hydrogens is 186 g/mol. The Bertz CT molecular complexity index is 309. The fourth-order valence-electron chi connectivity index (χ4n) is 0.857. The summed E-state index contributed by atoms with van der Waals surface area (Å²) in [6.07, 6.45) is 2.33. The second kappa shape index (κ2) is 4.61. The average molecular weight is 199 g/mol. The second-order valence-electron chi connectivity index (χ2n) is 3.00. The maximum absolute atomic E-state index is 11.1. The summed E-state index contributed by atoms with van der Waals surface area (Å²) in [7, 11) is 0. The molecule has 0 bridgehead atoms. The molecule has 0 spiro atoms. The van der Waals surface area contributed by atoms with Gasteiger partial charge in [0.25, 0.3) is 0 Å². The Labute approximate surface area is 81.3 Å². The zero-order chi connectivity index (χ0) is 10.6. The van der Waals surface area contributed by atoms with Gasteiger partial charge in [-0.05, 0) is 6.92 Å². The summed E-state index contributed by atoms with van der Waals surface area (Å²) < 4.78 is 6.10. The van der Waals surface area contributed by atoms with E-state index in [2.05, 4.69) is 5.10 Å². The van der Waals surface area contributed by atoms with Crippen molar-refractivity contribution in [2.45, 2.75) is 19.6 Å². The molecule has 1 atom stereocenters. The van der Waals surface area contributed by atoms with E-state index in [0.29, 0.717) is 5.69 Å². The number of anilines is 1. The molecule has 0 aliphatic carbocycles. The molecule has 1 heterocycles. The van der Waals surface area contributed by atoms with Crippen LogP contribution in [0.4, 0.5) is 5.69 Å². The van der Waals surface area contributed by atoms with E-state index in [-0.39, 0.29) is 13.2 Å². The number of ether oxygens (including phenoxy) is 1. The number of nitrogens with two attached hydrogens (primary N) is 1. The van der Waals surface area contributed by atoms with Crippen LogP contribution >= 0.6 is 0 Å². The summed E-state index contributed by atoms with van der Waals surface area (Å²) in [5.74, 6) is -0.450. The third-order valence-electron chi connectivity index (χ3n) is 1.43. The molecule has 6 heteroatoms. The Morgan fingerprint density at radius 1 is 1.86 bits per heavy atom. The number of nitrogens with zero attached hydrogens (tertiary/aromatic N) is 2. The van der Waals surface area contributed by atoms with Gasteiger partial charge in [0.2, 0.25) is 0 Å². The van der Waals surface area contributed by atoms with Gasteiger partial charge in [-0.3, -0.25) is 9.48 Å². The normalized spacial score (nSPS) is 12.4. The lowest BCUT2D eigenvalue weighted by atomic mass is 10.4. The smallest absolute Gasteiger partial charge is 0.327 e. The Morgan fingerprint density at radius 3 is 3.07 bits per heavy atom. The van der Waals surface area contributed by atoms with Gasteiger partial charge in [0.05, 0.1) is 18.0 Å². The number of hydrogen-bond donors (Lipinski definition) is 2. The minimum Gasteiger partial charge on any atom is -0.462 e. The van der Waals surface area contributed by atoms with Crippen molar-refractivity contribution in [1.82, 2.24) is 9.78 Å². The van der Waals surface area contributed by atoms with Crippen LogP contribution in [0.5, 0.6) is 0 Å². The zero-order valence-corrected chi connectivity index (χ0v) is 7.88. The predicted octanol–water partition coefficient (Wildman–Crippen LogP) is -0.611. The molecule has 1 aromatic heterocycles. The zero-order valence-electron chi connectivity index (χ0n) is 7.88. The third kappa shape index (κ3) is 3.44. The molecule has 1 aromatic rings. The van der Waals surface area contributed by atoms with Crippen molar-refractivity contribution in [1.29, 1.82) is 0 Å². The number of aromatic nitrogens is 2. The molecule has 3 N–H and O–H groups in total. The van der Waals surface area contributed by atoms with E-state index in [1.807, 2.05) is 0 Å². The molecule has 0 radical (unpaired) electrons. The van der Waals surface area contributed by atoms with E-state index in [0.717, 1.165) is 0 Å². The van der Waals surface area contributed by atoms with Crippen LogP contribution in [0.15, 0.2) is 12.4 Å². The Hall–Kier alpha value is -1.56. The fourth-order valence-corrected chi connectivity index (χ4v) is 0.857. The van der Waals surface area contributed by atoms with E-state index in [1.54, 1.807) is 6.92 Å². The van der Waals surface area contributed by atoms with Crippen molar-refractivity contribution in [3.8, 4) is 0 Å². The molecule has 0 saturated heterocycles. The number of aliphatic hydroxyl groups is 1. The first-order valence-corrected chi connectivity index (χ1v) is 4.19. The van der Waals surface area contributed by atoms with Gasteiger partial charge in [-0.25, -0.2) is 0 Å². The van der Waals surface area contributed by atoms with Crippen molar-refractivity contribution in [3.05, 3.63) is 12.4 Å². The first kappa shape index (κ1) is 10.5. The molecule has 1 unspecified atom stereocenters. The van der Waals surface area contributed by atoms with Crippen LogP contribution in [0.3, 0.4) is 0 Å². The standard InChI is InChI=1S/C8H13N3O3/c1-6(12)5-14-8(13)4-11-3-7(9)2-10-11/h2-3,6,12H,4-5,9H2,1H3. The predicted molar refractivity (Wildman–Crippen MR) is 49.3 cm³/mol. The van der Waals surface area contributed by atoms with Crippen LogP contribution in [0.2, 0.25) is 0 Å². The SMILES string of the molecule is CC(O)COC(=O)Cn1cc(N)cn1. The fraction of sp³-hybridized carbons (Fsp3) is 0.500. The van der Waals surface area contributed by atoms with Gasteiger partial charge in [0.15, 0.2) is 0 Å². The summed E-state index contributed by atoms with van der Waals surface area (Å²) >= 11 is 0. The first-order chi connectivity index (χ1) is 6.58. The highest BCUT2D eigenvalue weighted by Gasteiger charge is 2.06. The van der Waals surface area contributed by atoms with Gasteiger partial charge < -0.3 is 15.6 Å². The van der Waals surface area contributed by atoms with Crippen LogP contribution in [0.25, 0.3) is 0 Å². The van der Waals surface area contributed by atoms with E-state index >= 15 is 0 Å². The Morgan fingerprint density at radius 2 is 2.57 bits per heavy atom. The lowest BCUT2D eigenvalue weighted by Gasteiger charge is -2.06. The van der Waals surface area contributed by atoms with Gasteiger partial charge in [-0.2, -0.15) is 5.10 Å². The highest BCUT2D eigenvalue weighted by molar-refractivity contribution is 5.69. The summed E-state index contributed by atoms with van der Waals surface area (Å²) in [5, 5.41) is 12.7. The molecule has 0 aliphatic heterocycles. The maximum atomic E-state index is 11.1. The number of aliphatic hydroxyl groups excluding tert-OH is 1. The quantitative estimate of drug-likeness (QED) is 0.631. The molecular formula is C8H13N3O3.